The van der Waals surface area contributed by atoms with Crippen LogP contribution in [-0.2, 0) is 6.42 Å². The summed E-state index contributed by atoms with van der Waals surface area (Å²) >= 11 is 3.61. The maximum Gasteiger partial charge on any atom is 0.191 e. The van der Waals surface area contributed by atoms with Gasteiger partial charge in [-0.1, -0.05) is 19.9 Å². The molecule has 0 aliphatic carbocycles. The van der Waals surface area contributed by atoms with Gasteiger partial charge in [0.1, 0.15) is 0 Å². The molecule has 27 heavy (non-hydrogen) atoms. The fourth-order valence-electron chi connectivity index (χ4n) is 3.37. The lowest BCUT2D eigenvalue weighted by Crippen LogP contribution is -2.43. The van der Waals surface area contributed by atoms with E-state index >= 15 is 0 Å². The number of likely N-dealkylation sites (tertiary alicyclic amines) is 1. The fraction of sp³-hybridized carbons (Fsp3) is 0.600. The molecule has 1 fully saturated rings. The van der Waals surface area contributed by atoms with Gasteiger partial charge in [-0.15, -0.1) is 22.7 Å². The molecule has 2 N–H and O–H groups in total. The second kappa shape index (κ2) is 10.2. The Morgan fingerprint density at radius 1 is 1.26 bits per heavy atom. The minimum Gasteiger partial charge on any atom is -0.356 e. The van der Waals surface area contributed by atoms with Crippen molar-refractivity contribution in [1.82, 2.24) is 20.5 Å². The Morgan fingerprint density at radius 3 is 2.70 bits per heavy atom. The van der Waals surface area contributed by atoms with Crippen molar-refractivity contribution in [2.24, 2.45) is 4.99 Å². The van der Waals surface area contributed by atoms with Gasteiger partial charge in [-0.2, -0.15) is 0 Å². The number of aliphatic imine (C=N–C) groups is 1. The minimum atomic E-state index is 0.429. The number of rotatable bonds is 8. The summed E-state index contributed by atoms with van der Waals surface area (Å²) in [5.41, 5.74) is 1.17. The molecule has 1 atom stereocenters. The highest BCUT2D eigenvalue weighted by Gasteiger charge is 2.24. The maximum atomic E-state index is 4.71. The average Bonchev–Trinajstić information content (AvgIpc) is 3.42. The van der Waals surface area contributed by atoms with Gasteiger partial charge >= 0.3 is 0 Å². The van der Waals surface area contributed by atoms with Crippen molar-refractivity contribution in [3.8, 4) is 0 Å². The van der Waals surface area contributed by atoms with Crippen LogP contribution in [0.5, 0.6) is 0 Å². The van der Waals surface area contributed by atoms with Crippen molar-refractivity contribution in [1.29, 1.82) is 0 Å². The summed E-state index contributed by atoms with van der Waals surface area (Å²) in [6, 6.07) is 4.83. The van der Waals surface area contributed by atoms with E-state index in [9.17, 15) is 0 Å². The first-order valence-corrected chi connectivity index (χ1v) is 11.6. The van der Waals surface area contributed by atoms with Crippen molar-refractivity contribution in [2.75, 3.05) is 33.2 Å². The zero-order valence-corrected chi connectivity index (χ0v) is 18.2. The summed E-state index contributed by atoms with van der Waals surface area (Å²) < 4.78 is 0. The Balaban J connectivity index is 1.48. The van der Waals surface area contributed by atoms with E-state index in [-0.39, 0.29) is 0 Å². The fourth-order valence-corrected chi connectivity index (χ4v) is 5.10. The van der Waals surface area contributed by atoms with E-state index < -0.39 is 0 Å². The maximum absolute atomic E-state index is 4.71. The third-order valence-electron chi connectivity index (χ3n) is 4.88. The highest BCUT2D eigenvalue weighted by molar-refractivity contribution is 7.10. The molecule has 3 rings (SSSR count). The van der Waals surface area contributed by atoms with Gasteiger partial charge in [0.25, 0.3) is 0 Å². The Morgan fingerprint density at radius 2 is 2.07 bits per heavy atom. The molecule has 2 aromatic rings. The number of aromatic nitrogens is 1. The second-order valence-electron chi connectivity index (χ2n) is 7.24. The third-order valence-corrected chi connectivity index (χ3v) is 7.04. The molecule has 2 aromatic heterocycles. The Hall–Kier alpha value is -1.44. The molecule has 0 bridgehead atoms. The number of nitrogens with zero attached hydrogens (tertiary/aromatic N) is 3. The first-order chi connectivity index (χ1) is 13.2. The molecule has 3 heterocycles. The van der Waals surface area contributed by atoms with E-state index in [0.29, 0.717) is 12.0 Å². The first kappa shape index (κ1) is 20.3. The van der Waals surface area contributed by atoms with E-state index in [1.165, 1.54) is 41.5 Å². The molecule has 1 saturated heterocycles. The molecule has 1 aliphatic rings. The van der Waals surface area contributed by atoms with Crippen LogP contribution in [-0.4, -0.2) is 49.1 Å². The molecule has 0 amide bonds. The Kier molecular flexibility index (Phi) is 7.67. The Labute approximate surface area is 170 Å². The van der Waals surface area contributed by atoms with E-state index in [1.807, 2.05) is 18.4 Å². The van der Waals surface area contributed by atoms with Crippen LogP contribution in [0.15, 0.2) is 27.9 Å². The van der Waals surface area contributed by atoms with E-state index in [0.717, 1.165) is 25.5 Å². The largest absolute Gasteiger partial charge is 0.356 e. The highest BCUT2D eigenvalue weighted by atomic mass is 32.1. The van der Waals surface area contributed by atoms with Crippen LogP contribution >= 0.6 is 22.7 Å². The average molecular weight is 406 g/mol. The summed E-state index contributed by atoms with van der Waals surface area (Å²) in [6.45, 7) is 8.49. The van der Waals surface area contributed by atoms with Gasteiger partial charge in [0, 0.05) is 42.7 Å². The van der Waals surface area contributed by atoms with Gasteiger partial charge in [0.15, 0.2) is 5.96 Å². The van der Waals surface area contributed by atoms with Crippen LogP contribution in [0.4, 0.5) is 0 Å². The monoisotopic (exact) mass is 405 g/mol. The third kappa shape index (κ3) is 5.77. The van der Waals surface area contributed by atoms with Crippen LogP contribution in [0, 0.1) is 0 Å². The number of hydrogen-bond acceptors (Lipinski definition) is 5. The number of hydrogen-bond donors (Lipinski definition) is 2. The molecule has 5 nitrogen and oxygen atoms in total. The molecular weight excluding hydrogens is 374 g/mol. The second-order valence-corrected chi connectivity index (χ2v) is 9.10. The van der Waals surface area contributed by atoms with E-state index in [4.69, 9.17) is 4.98 Å². The van der Waals surface area contributed by atoms with Crippen molar-refractivity contribution < 1.29 is 0 Å². The minimum absolute atomic E-state index is 0.429. The van der Waals surface area contributed by atoms with Crippen LogP contribution in [0.1, 0.15) is 54.2 Å². The molecule has 0 radical (unpaired) electrons. The number of thiazole rings is 1. The smallest absolute Gasteiger partial charge is 0.191 e. The van der Waals surface area contributed by atoms with Crippen LogP contribution in [0.2, 0.25) is 0 Å². The van der Waals surface area contributed by atoms with Gasteiger partial charge in [-0.3, -0.25) is 9.89 Å². The quantitative estimate of drug-likeness (QED) is 0.517. The molecule has 0 saturated carbocycles. The van der Waals surface area contributed by atoms with E-state index in [2.05, 4.69) is 57.3 Å². The normalized spacial score (nSPS) is 16.8. The van der Waals surface area contributed by atoms with Crippen molar-refractivity contribution in [3.05, 3.63) is 38.5 Å². The Bertz CT molecular complexity index is 702. The summed E-state index contributed by atoms with van der Waals surface area (Å²) in [5.74, 6) is 1.38. The highest BCUT2D eigenvalue weighted by Crippen LogP contribution is 2.27. The van der Waals surface area contributed by atoms with Gasteiger partial charge in [0.05, 0.1) is 16.7 Å². The standard InChI is InChI=1S/C20H31N5S2/c1-15(2)19-24-16(14-27-19)8-9-22-20(21-3)23-13-17(18-7-6-12-26-18)25-10-4-5-11-25/h6-7,12,14-15,17H,4-5,8-11,13H2,1-3H3,(H2,21,22,23). The topological polar surface area (TPSA) is 52.6 Å². The number of guanidine groups is 1. The SMILES string of the molecule is CN=C(NCCc1csc(C(C)C)n1)NCC(c1cccs1)N1CCCC1. The lowest BCUT2D eigenvalue weighted by molar-refractivity contribution is 0.249. The summed E-state index contributed by atoms with van der Waals surface area (Å²) in [7, 11) is 1.84. The molecule has 7 heteroatoms. The van der Waals surface area contributed by atoms with Crippen molar-refractivity contribution in [3.63, 3.8) is 0 Å². The van der Waals surface area contributed by atoms with Crippen LogP contribution in [0.3, 0.4) is 0 Å². The van der Waals surface area contributed by atoms with Crippen LogP contribution in [0.25, 0.3) is 0 Å². The first-order valence-electron chi connectivity index (χ1n) is 9.83. The predicted molar refractivity (Wildman–Crippen MR) is 117 cm³/mol. The molecule has 1 unspecified atom stereocenters. The zero-order chi connectivity index (χ0) is 19.1. The zero-order valence-electron chi connectivity index (χ0n) is 16.6. The van der Waals surface area contributed by atoms with Crippen molar-refractivity contribution >= 4 is 28.6 Å². The summed E-state index contributed by atoms with van der Waals surface area (Å²) in [6.07, 6.45) is 3.53. The van der Waals surface area contributed by atoms with Crippen LogP contribution < -0.4 is 10.6 Å². The molecule has 0 aromatic carbocycles. The summed E-state index contributed by atoms with van der Waals surface area (Å²) in [4.78, 5) is 13.1. The van der Waals surface area contributed by atoms with Crippen molar-refractivity contribution in [2.45, 2.75) is 45.1 Å². The molecule has 1 aliphatic heterocycles. The van der Waals surface area contributed by atoms with Gasteiger partial charge < -0.3 is 10.6 Å². The lowest BCUT2D eigenvalue weighted by atomic mass is 10.2. The molecule has 148 valence electrons. The number of thiophene rings is 1. The van der Waals surface area contributed by atoms with Gasteiger partial charge in [0.2, 0.25) is 0 Å². The van der Waals surface area contributed by atoms with Gasteiger partial charge in [-0.25, -0.2) is 4.98 Å². The van der Waals surface area contributed by atoms with Gasteiger partial charge in [-0.05, 0) is 37.4 Å². The predicted octanol–water partition coefficient (Wildman–Crippen LogP) is 3.87. The molecule has 0 spiro atoms. The summed E-state index contributed by atoms with van der Waals surface area (Å²) in [5, 5.41) is 12.5. The molecular formula is C20H31N5S2. The number of nitrogens with one attached hydrogen (secondary N) is 2. The van der Waals surface area contributed by atoms with E-state index in [1.54, 1.807) is 11.3 Å². The lowest BCUT2D eigenvalue weighted by Gasteiger charge is -2.27.